The van der Waals surface area contributed by atoms with Crippen molar-refractivity contribution >= 4 is 33.0 Å². The molecule has 3 aromatic rings. The summed E-state index contributed by atoms with van der Waals surface area (Å²) in [4.78, 5) is 13.2. The molecule has 156 valence electrons. The Morgan fingerprint density at radius 1 is 1.10 bits per heavy atom. The van der Waals surface area contributed by atoms with E-state index in [0.29, 0.717) is 24.5 Å². The number of rotatable bonds is 6. The molecule has 0 fully saturated rings. The summed E-state index contributed by atoms with van der Waals surface area (Å²) in [6.45, 7) is 2.62. The van der Waals surface area contributed by atoms with Gasteiger partial charge >= 0.3 is 0 Å². The first kappa shape index (κ1) is 20.6. The van der Waals surface area contributed by atoms with Crippen LogP contribution in [0.4, 0.5) is 5.69 Å². The Morgan fingerprint density at radius 3 is 2.50 bits per heavy atom. The van der Waals surface area contributed by atoms with Crippen molar-refractivity contribution in [1.29, 1.82) is 0 Å². The zero-order chi connectivity index (χ0) is 21.1. The Kier molecular flexibility index (Phi) is 5.90. The predicted molar refractivity (Wildman–Crippen MR) is 117 cm³/mol. The monoisotopic (exact) mass is 442 g/mol. The Balaban J connectivity index is 1.63. The molecule has 6 nitrogen and oxygen atoms in total. The number of amides is 1. The number of fused-ring (bicyclic) bond motifs is 1. The molecule has 0 unspecified atom stereocenters. The smallest absolute Gasteiger partial charge is 0.253 e. The molecule has 8 heteroatoms. The summed E-state index contributed by atoms with van der Waals surface area (Å²) in [5.74, 6) is 0.359. The second kappa shape index (κ2) is 8.59. The van der Waals surface area contributed by atoms with Gasteiger partial charge in [-0.2, -0.15) is 4.31 Å². The van der Waals surface area contributed by atoms with Gasteiger partial charge in [0.05, 0.1) is 6.61 Å². The third-order valence-electron chi connectivity index (χ3n) is 5.00. The lowest BCUT2D eigenvalue weighted by molar-refractivity contribution is -0.120. The third kappa shape index (κ3) is 4.12. The first-order valence-corrected chi connectivity index (χ1v) is 12.0. The van der Waals surface area contributed by atoms with Crippen LogP contribution in [-0.2, 0) is 27.8 Å². The van der Waals surface area contributed by atoms with E-state index in [1.807, 2.05) is 31.2 Å². The molecular formula is C22H22N2O4S2. The van der Waals surface area contributed by atoms with Gasteiger partial charge in [-0.25, -0.2) is 8.42 Å². The van der Waals surface area contributed by atoms with Gasteiger partial charge in [0.2, 0.25) is 5.91 Å². The molecule has 1 amide bonds. The lowest BCUT2D eigenvalue weighted by Gasteiger charge is -2.34. The number of sulfonamides is 1. The minimum Gasteiger partial charge on any atom is -0.494 e. The largest absolute Gasteiger partial charge is 0.494 e. The summed E-state index contributed by atoms with van der Waals surface area (Å²) in [6.07, 6.45) is 0.323. The number of carbonyl (C=O) groups excluding carboxylic acids is 1. The lowest BCUT2D eigenvalue weighted by Crippen LogP contribution is -2.50. The van der Waals surface area contributed by atoms with Crippen LogP contribution in [0.5, 0.6) is 5.75 Å². The maximum Gasteiger partial charge on any atom is 0.253 e. The van der Waals surface area contributed by atoms with Gasteiger partial charge in [0.1, 0.15) is 16.0 Å². The van der Waals surface area contributed by atoms with E-state index < -0.39 is 16.1 Å². The van der Waals surface area contributed by atoms with Crippen molar-refractivity contribution in [3.05, 3.63) is 77.2 Å². The van der Waals surface area contributed by atoms with E-state index in [-0.39, 0.29) is 16.7 Å². The average Bonchev–Trinajstić information content (AvgIpc) is 3.30. The summed E-state index contributed by atoms with van der Waals surface area (Å²) in [7, 11) is -3.79. The first-order valence-electron chi connectivity index (χ1n) is 9.65. The molecule has 1 N–H and O–H groups in total. The van der Waals surface area contributed by atoms with Gasteiger partial charge in [-0.3, -0.25) is 4.79 Å². The van der Waals surface area contributed by atoms with Crippen LogP contribution in [0.1, 0.15) is 18.1 Å². The number of ether oxygens (including phenoxy) is 1. The molecule has 1 aliphatic rings. The van der Waals surface area contributed by atoms with Crippen molar-refractivity contribution in [3.8, 4) is 5.75 Å². The quantitative estimate of drug-likeness (QED) is 0.628. The highest BCUT2D eigenvalue weighted by Gasteiger charge is 2.40. The van der Waals surface area contributed by atoms with Gasteiger partial charge in [0.25, 0.3) is 10.0 Å². The number of nitrogens with one attached hydrogen (secondary N) is 1. The van der Waals surface area contributed by atoms with Crippen molar-refractivity contribution in [3.63, 3.8) is 0 Å². The second-order valence-corrected chi connectivity index (χ2v) is 9.98. The van der Waals surface area contributed by atoms with Crippen molar-refractivity contribution in [2.75, 3.05) is 11.9 Å². The Hall–Kier alpha value is -2.68. The van der Waals surface area contributed by atoms with Crippen molar-refractivity contribution in [2.45, 2.75) is 30.1 Å². The molecule has 2 aromatic carbocycles. The van der Waals surface area contributed by atoms with E-state index in [2.05, 4.69) is 5.32 Å². The summed E-state index contributed by atoms with van der Waals surface area (Å²) < 4.78 is 33.5. The van der Waals surface area contributed by atoms with E-state index in [1.54, 1.807) is 41.8 Å². The molecule has 0 saturated carbocycles. The van der Waals surface area contributed by atoms with Gasteiger partial charge in [-0.15, -0.1) is 11.3 Å². The standard InChI is InChI=1S/C22H22N2O4S2/c1-2-28-19-11-9-18(10-12-19)23-22(25)20-14-16-6-3-4-7-17(16)15-24(20)30(26,27)21-8-5-13-29-21/h3-13,20H,2,14-15H2,1H3,(H,23,25)/t20-/m0/s1. The number of nitrogens with zero attached hydrogens (tertiary/aromatic N) is 1. The molecule has 0 saturated heterocycles. The van der Waals surface area contributed by atoms with Gasteiger partial charge in [-0.05, 0) is 60.2 Å². The van der Waals surface area contributed by atoms with Crippen LogP contribution in [-0.4, -0.2) is 31.3 Å². The van der Waals surface area contributed by atoms with Crippen molar-refractivity contribution < 1.29 is 17.9 Å². The number of carbonyl (C=O) groups is 1. The maximum atomic E-state index is 13.3. The van der Waals surface area contributed by atoms with Crippen LogP contribution in [0.3, 0.4) is 0 Å². The summed E-state index contributed by atoms with van der Waals surface area (Å²) in [5.41, 5.74) is 2.50. The highest BCUT2D eigenvalue weighted by molar-refractivity contribution is 7.91. The Morgan fingerprint density at radius 2 is 1.83 bits per heavy atom. The minimum atomic E-state index is -3.79. The van der Waals surface area contributed by atoms with Gasteiger partial charge in [0.15, 0.2) is 0 Å². The first-order chi connectivity index (χ1) is 14.5. The number of thiophene rings is 1. The van der Waals surface area contributed by atoms with E-state index in [1.165, 1.54) is 4.31 Å². The minimum absolute atomic E-state index is 0.164. The fraction of sp³-hybridized carbons (Fsp3) is 0.227. The summed E-state index contributed by atoms with van der Waals surface area (Å²) in [6, 6.07) is 17.1. The predicted octanol–water partition coefficient (Wildman–Crippen LogP) is 3.90. The van der Waals surface area contributed by atoms with Crippen LogP contribution >= 0.6 is 11.3 Å². The molecule has 1 aliphatic heterocycles. The molecule has 4 rings (SSSR count). The molecule has 30 heavy (non-hydrogen) atoms. The lowest BCUT2D eigenvalue weighted by atomic mass is 9.95. The van der Waals surface area contributed by atoms with E-state index in [0.717, 1.165) is 22.5 Å². The summed E-state index contributed by atoms with van der Waals surface area (Å²) in [5, 5.41) is 4.58. The Bertz CT molecular complexity index is 1130. The molecule has 0 spiro atoms. The highest BCUT2D eigenvalue weighted by atomic mass is 32.2. The number of anilines is 1. The van der Waals surface area contributed by atoms with Gasteiger partial charge in [0, 0.05) is 12.2 Å². The van der Waals surface area contributed by atoms with E-state index in [4.69, 9.17) is 4.74 Å². The molecule has 0 radical (unpaired) electrons. The number of hydrogen-bond donors (Lipinski definition) is 1. The fourth-order valence-electron chi connectivity index (χ4n) is 3.53. The van der Waals surface area contributed by atoms with Gasteiger partial charge < -0.3 is 10.1 Å². The Labute approximate surface area is 180 Å². The second-order valence-electron chi connectivity index (χ2n) is 6.92. The highest BCUT2D eigenvalue weighted by Crippen LogP contribution is 2.31. The SMILES string of the molecule is CCOc1ccc(NC(=O)[C@@H]2Cc3ccccc3CN2S(=O)(=O)c2cccs2)cc1. The fourth-order valence-corrected chi connectivity index (χ4v) is 6.21. The molecule has 1 atom stereocenters. The number of benzene rings is 2. The molecule has 0 bridgehead atoms. The van der Waals surface area contributed by atoms with Crippen molar-refractivity contribution in [2.24, 2.45) is 0 Å². The average molecular weight is 443 g/mol. The van der Waals surface area contributed by atoms with E-state index >= 15 is 0 Å². The zero-order valence-corrected chi connectivity index (χ0v) is 18.1. The van der Waals surface area contributed by atoms with Crippen LogP contribution in [0.15, 0.2) is 70.3 Å². The molecule has 2 heterocycles. The molecule has 1 aromatic heterocycles. The van der Waals surface area contributed by atoms with E-state index in [9.17, 15) is 13.2 Å². The van der Waals surface area contributed by atoms with Crippen molar-refractivity contribution in [1.82, 2.24) is 4.31 Å². The van der Waals surface area contributed by atoms with Gasteiger partial charge in [-0.1, -0.05) is 30.3 Å². The van der Waals surface area contributed by atoms with Crippen LogP contribution in [0, 0.1) is 0 Å². The molecular weight excluding hydrogens is 420 g/mol. The topological polar surface area (TPSA) is 75.7 Å². The van der Waals surface area contributed by atoms with Crippen LogP contribution in [0.25, 0.3) is 0 Å². The third-order valence-corrected chi connectivity index (χ3v) is 8.23. The van der Waals surface area contributed by atoms with Crippen LogP contribution < -0.4 is 10.1 Å². The van der Waals surface area contributed by atoms with Crippen LogP contribution in [0.2, 0.25) is 0 Å². The zero-order valence-electron chi connectivity index (χ0n) is 16.4. The maximum absolute atomic E-state index is 13.3. The number of hydrogen-bond acceptors (Lipinski definition) is 5. The molecule has 0 aliphatic carbocycles. The summed E-state index contributed by atoms with van der Waals surface area (Å²) >= 11 is 1.15. The normalized spacial score (nSPS) is 16.6.